The average Bonchev–Trinajstić information content (AvgIpc) is 3.29. The molecule has 0 saturated heterocycles. The molecule has 0 radical (unpaired) electrons. The van der Waals surface area contributed by atoms with Gasteiger partial charge in [0.05, 0.1) is 11.1 Å². The molecule has 5 aromatic rings. The Morgan fingerprint density at radius 2 is 1.25 bits per heavy atom. The number of aromatic nitrogens is 1. The second kappa shape index (κ2) is 9.28. The van der Waals surface area contributed by atoms with E-state index in [2.05, 4.69) is 137 Å². The Labute approximate surface area is 263 Å². The van der Waals surface area contributed by atoms with Crippen molar-refractivity contribution in [1.29, 1.82) is 0 Å². The van der Waals surface area contributed by atoms with E-state index in [1.54, 1.807) is 6.07 Å². The van der Waals surface area contributed by atoms with Crippen LogP contribution in [0.25, 0.3) is 44.3 Å². The number of halogens is 1. The van der Waals surface area contributed by atoms with Gasteiger partial charge < -0.3 is 4.42 Å². The summed E-state index contributed by atoms with van der Waals surface area (Å²) in [6.45, 7) is 28.2. The van der Waals surface area contributed by atoms with Gasteiger partial charge >= 0.3 is 0 Å². The van der Waals surface area contributed by atoms with Crippen molar-refractivity contribution in [3.63, 3.8) is 0 Å². The molecule has 2 heterocycles. The van der Waals surface area contributed by atoms with Crippen LogP contribution in [0.2, 0.25) is 0 Å². The first-order chi connectivity index (χ1) is 20.3. The van der Waals surface area contributed by atoms with E-state index in [1.165, 1.54) is 16.7 Å². The first-order valence-corrected chi connectivity index (χ1v) is 16.0. The number of rotatable bonds is 2. The van der Waals surface area contributed by atoms with E-state index in [0.717, 1.165) is 38.7 Å². The molecule has 3 aromatic carbocycles. The minimum Gasteiger partial charge on any atom is -0.454 e. The van der Waals surface area contributed by atoms with Gasteiger partial charge in [-0.1, -0.05) is 100 Å². The summed E-state index contributed by atoms with van der Waals surface area (Å²) in [7, 11) is 2.05. The number of fused-ring (bicyclic) bond motifs is 4. The highest BCUT2D eigenvalue weighted by molar-refractivity contribution is 6.13. The van der Waals surface area contributed by atoms with Crippen molar-refractivity contribution >= 4 is 21.9 Å². The maximum Gasteiger partial charge on any atom is 0.216 e. The second-order valence-electron chi connectivity index (χ2n) is 16.4. The monoisotopic (exact) mass is 590 g/mol. The maximum atomic E-state index is 16.5. The molecule has 0 saturated carbocycles. The molecular formula is C41H49FNO+. The lowest BCUT2D eigenvalue weighted by atomic mass is 9.39. The molecule has 0 aliphatic heterocycles. The SMILES string of the molecule is Cc1ccc2c(oc3c(-c4ccc(C(C)(C)C)c5c4C(C)(C)C(C)(C)C(C)(C)C5(C)C)c(F)ccc32)c1-c1cccc[n+]1C. The van der Waals surface area contributed by atoms with Crippen molar-refractivity contribution in [2.75, 3.05) is 0 Å². The summed E-state index contributed by atoms with van der Waals surface area (Å²) in [5.41, 5.74) is 9.44. The minimum atomic E-state index is -0.266. The highest BCUT2D eigenvalue weighted by Gasteiger charge is 2.62. The van der Waals surface area contributed by atoms with E-state index < -0.39 is 0 Å². The molecule has 0 N–H and O–H groups in total. The molecule has 1 aliphatic carbocycles. The van der Waals surface area contributed by atoms with Crippen LogP contribution in [-0.4, -0.2) is 0 Å². The van der Waals surface area contributed by atoms with Crippen LogP contribution in [0.4, 0.5) is 4.39 Å². The summed E-state index contributed by atoms with van der Waals surface area (Å²) in [5, 5.41) is 1.95. The Morgan fingerprint density at radius 1 is 0.682 bits per heavy atom. The summed E-state index contributed by atoms with van der Waals surface area (Å²) in [4.78, 5) is 0. The Balaban J connectivity index is 1.79. The number of nitrogens with zero attached hydrogens (tertiary/aromatic N) is 1. The van der Waals surface area contributed by atoms with Crippen LogP contribution in [-0.2, 0) is 23.3 Å². The third-order valence-corrected chi connectivity index (χ3v) is 12.5. The van der Waals surface area contributed by atoms with Crippen molar-refractivity contribution in [1.82, 2.24) is 0 Å². The molecule has 2 nitrogen and oxygen atoms in total. The summed E-state index contributed by atoms with van der Waals surface area (Å²) in [6.07, 6.45) is 2.05. The lowest BCUT2D eigenvalue weighted by Crippen LogP contribution is -2.60. The minimum absolute atomic E-state index is 0.0450. The summed E-state index contributed by atoms with van der Waals surface area (Å²) in [5.74, 6) is -0.248. The van der Waals surface area contributed by atoms with Crippen LogP contribution in [0.5, 0.6) is 0 Å². The van der Waals surface area contributed by atoms with Gasteiger partial charge in [-0.3, -0.25) is 0 Å². The van der Waals surface area contributed by atoms with Gasteiger partial charge in [-0.25, -0.2) is 8.96 Å². The van der Waals surface area contributed by atoms with Crippen LogP contribution in [0, 0.1) is 23.6 Å². The highest BCUT2D eigenvalue weighted by Crippen LogP contribution is 2.68. The molecule has 1 aliphatic rings. The van der Waals surface area contributed by atoms with E-state index in [9.17, 15) is 0 Å². The third-order valence-electron chi connectivity index (χ3n) is 12.5. The third kappa shape index (κ3) is 3.80. The van der Waals surface area contributed by atoms with E-state index in [1.807, 2.05) is 12.1 Å². The van der Waals surface area contributed by atoms with Crippen molar-refractivity contribution < 1.29 is 13.4 Å². The van der Waals surface area contributed by atoms with Crippen molar-refractivity contribution in [3.05, 3.63) is 88.9 Å². The lowest BCUT2D eigenvalue weighted by molar-refractivity contribution is -0.660. The quantitative estimate of drug-likeness (QED) is 0.187. The van der Waals surface area contributed by atoms with Gasteiger partial charge in [0, 0.05) is 22.9 Å². The molecule has 0 atom stereocenters. The van der Waals surface area contributed by atoms with E-state index in [4.69, 9.17) is 4.42 Å². The molecule has 3 heteroatoms. The molecule has 0 fully saturated rings. The molecule has 0 amide bonds. The highest BCUT2D eigenvalue weighted by atomic mass is 19.1. The van der Waals surface area contributed by atoms with Gasteiger partial charge in [0.1, 0.15) is 24.0 Å². The van der Waals surface area contributed by atoms with Gasteiger partial charge in [-0.2, -0.15) is 0 Å². The predicted octanol–water partition coefficient (Wildman–Crippen LogP) is 11.1. The van der Waals surface area contributed by atoms with Crippen LogP contribution in [0.3, 0.4) is 0 Å². The fourth-order valence-electron chi connectivity index (χ4n) is 8.25. The Morgan fingerprint density at radius 3 is 1.84 bits per heavy atom. The van der Waals surface area contributed by atoms with E-state index in [0.29, 0.717) is 11.1 Å². The fraction of sp³-hybridized carbons (Fsp3) is 0.439. The number of hydrogen-bond donors (Lipinski definition) is 0. The average molecular weight is 591 g/mol. The molecule has 0 spiro atoms. The topological polar surface area (TPSA) is 17.0 Å². The van der Waals surface area contributed by atoms with Crippen LogP contribution < -0.4 is 4.57 Å². The van der Waals surface area contributed by atoms with Crippen molar-refractivity contribution in [3.8, 4) is 22.4 Å². The number of furan rings is 1. The lowest BCUT2D eigenvalue weighted by Gasteiger charge is -2.65. The van der Waals surface area contributed by atoms with Crippen LogP contribution in [0.1, 0.15) is 98.4 Å². The summed E-state index contributed by atoms with van der Waals surface area (Å²) >= 11 is 0. The van der Waals surface area contributed by atoms with Gasteiger partial charge in [-0.15, -0.1) is 0 Å². The van der Waals surface area contributed by atoms with Crippen molar-refractivity contribution in [2.45, 2.75) is 99.3 Å². The van der Waals surface area contributed by atoms with Gasteiger partial charge in [0.15, 0.2) is 6.20 Å². The Hall–Kier alpha value is -3.46. The van der Waals surface area contributed by atoms with Crippen LogP contribution in [0.15, 0.2) is 65.2 Å². The molecule has 230 valence electrons. The first kappa shape index (κ1) is 30.6. The van der Waals surface area contributed by atoms with Gasteiger partial charge in [0.25, 0.3) is 0 Å². The fourth-order valence-corrected chi connectivity index (χ4v) is 8.25. The Bertz CT molecular complexity index is 1980. The standard InChI is InChI=1S/C41H49FNO/c1-24-17-18-25-26-20-22-29(42)32(36(26)44-35(25)31(24)30-16-14-15-23-43(30)13)27-19-21-28(37(2,3)4)34-33(27)38(5,6)40(9,10)41(11,12)39(34,7)8/h14-23H,1-13H3/q+1. The van der Waals surface area contributed by atoms with Crippen LogP contribution >= 0.6 is 0 Å². The van der Waals surface area contributed by atoms with E-state index >= 15 is 4.39 Å². The number of aryl methyl sites for hydroxylation is 2. The first-order valence-electron chi connectivity index (χ1n) is 16.0. The predicted molar refractivity (Wildman–Crippen MR) is 183 cm³/mol. The second-order valence-corrected chi connectivity index (χ2v) is 16.4. The summed E-state index contributed by atoms with van der Waals surface area (Å²) in [6, 6.07) is 18.4. The maximum absolute atomic E-state index is 16.5. The zero-order chi connectivity index (χ0) is 32.4. The number of benzene rings is 3. The normalized spacial score (nSPS) is 18.5. The zero-order valence-corrected chi connectivity index (χ0v) is 29.0. The number of hydrogen-bond acceptors (Lipinski definition) is 1. The van der Waals surface area contributed by atoms with Gasteiger partial charge in [0.2, 0.25) is 5.69 Å². The summed E-state index contributed by atoms with van der Waals surface area (Å²) < 4.78 is 25.5. The number of pyridine rings is 1. The smallest absolute Gasteiger partial charge is 0.216 e. The molecule has 0 unspecified atom stereocenters. The molecule has 44 heavy (non-hydrogen) atoms. The zero-order valence-electron chi connectivity index (χ0n) is 29.0. The molecule has 6 rings (SSSR count). The van der Waals surface area contributed by atoms with E-state index in [-0.39, 0.29) is 32.9 Å². The molecule has 0 bridgehead atoms. The largest absolute Gasteiger partial charge is 0.454 e. The van der Waals surface area contributed by atoms with Crippen molar-refractivity contribution in [2.24, 2.45) is 17.9 Å². The van der Waals surface area contributed by atoms with Gasteiger partial charge in [-0.05, 0) is 80.0 Å². The molecular weight excluding hydrogens is 541 g/mol. The Kier molecular flexibility index (Phi) is 6.45. The molecule has 2 aromatic heterocycles.